The second-order valence-electron chi connectivity index (χ2n) is 3.90. The lowest BCUT2D eigenvalue weighted by atomic mass is 10.2. The van der Waals surface area contributed by atoms with Crippen LogP contribution in [0, 0.1) is 10.1 Å². The van der Waals surface area contributed by atoms with Gasteiger partial charge in [-0.2, -0.15) is 0 Å². The number of nitro groups is 1. The summed E-state index contributed by atoms with van der Waals surface area (Å²) in [7, 11) is 0. The number of nitro benzene ring substituents is 1. The van der Waals surface area contributed by atoms with Crippen molar-refractivity contribution in [1.29, 1.82) is 0 Å². The third-order valence-electron chi connectivity index (χ3n) is 2.52. The van der Waals surface area contributed by atoms with Crippen LogP contribution in [-0.4, -0.2) is 15.0 Å². The van der Waals surface area contributed by atoms with Gasteiger partial charge in [0.05, 0.1) is 11.0 Å². The molecule has 98 valence electrons. The Morgan fingerprint density at radius 2 is 2.05 bits per heavy atom. The molecule has 2 aromatic rings. The van der Waals surface area contributed by atoms with E-state index in [4.69, 9.17) is 4.74 Å². The fourth-order valence-corrected chi connectivity index (χ4v) is 1.60. The number of aromatic nitrogens is 1. The number of para-hydroxylation sites is 2. The fraction of sp³-hybridized carbons (Fsp3) is 0.154. The molecule has 1 aromatic carbocycles. The van der Waals surface area contributed by atoms with Gasteiger partial charge < -0.3 is 9.84 Å². The van der Waals surface area contributed by atoms with Gasteiger partial charge in [0.25, 0.3) is 0 Å². The monoisotopic (exact) mass is 260 g/mol. The van der Waals surface area contributed by atoms with E-state index in [1.165, 1.54) is 18.3 Å². The van der Waals surface area contributed by atoms with Crippen molar-refractivity contribution in [3.8, 4) is 11.6 Å². The summed E-state index contributed by atoms with van der Waals surface area (Å²) in [4.78, 5) is 14.3. The quantitative estimate of drug-likeness (QED) is 0.674. The molecule has 2 rings (SSSR count). The van der Waals surface area contributed by atoms with E-state index in [-0.39, 0.29) is 17.3 Å². The molecular weight excluding hydrogens is 248 g/mol. The van der Waals surface area contributed by atoms with Crippen LogP contribution in [0.3, 0.4) is 0 Å². The van der Waals surface area contributed by atoms with Crippen LogP contribution in [0.25, 0.3) is 0 Å². The van der Waals surface area contributed by atoms with Crippen molar-refractivity contribution >= 4 is 5.69 Å². The predicted octanol–water partition coefficient (Wildman–Crippen LogP) is 2.84. The minimum Gasteiger partial charge on any atom is -0.431 e. The zero-order chi connectivity index (χ0) is 13.8. The summed E-state index contributed by atoms with van der Waals surface area (Å²) in [5, 5.41) is 20.5. The van der Waals surface area contributed by atoms with Crippen LogP contribution in [-0.2, 0) is 0 Å². The van der Waals surface area contributed by atoms with Gasteiger partial charge in [0.1, 0.15) is 0 Å². The Morgan fingerprint density at radius 3 is 2.74 bits per heavy atom. The van der Waals surface area contributed by atoms with Crippen molar-refractivity contribution in [2.75, 3.05) is 0 Å². The third-order valence-corrected chi connectivity index (χ3v) is 2.52. The van der Waals surface area contributed by atoms with Gasteiger partial charge in [-0.05, 0) is 25.1 Å². The molecule has 0 saturated carbocycles. The first-order valence-electron chi connectivity index (χ1n) is 5.64. The average Bonchev–Trinajstić information content (AvgIpc) is 2.39. The molecule has 0 aliphatic carbocycles. The molecule has 0 aliphatic rings. The van der Waals surface area contributed by atoms with Crippen LogP contribution in [0.15, 0.2) is 42.6 Å². The van der Waals surface area contributed by atoms with E-state index in [0.29, 0.717) is 5.56 Å². The maximum atomic E-state index is 10.9. The molecule has 0 saturated heterocycles. The summed E-state index contributed by atoms with van der Waals surface area (Å²) in [5.74, 6) is 0.250. The summed E-state index contributed by atoms with van der Waals surface area (Å²) < 4.78 is 5.45. The third kappa shape index (κ3) is 2.86. The van der Waals surface area contributed by atoms with Gasteiger partial charge in [-0.1, -0.05) is 12.1 Å². The van der Waals surface area contributed by atoms with Crippen LogP contribution >= 0.6 is 0 Å². The Balaban J connectivity index is 2.39. The number of rotatable bonds is 4. The minimum absolute atomic E-state index is 0.0908. The van der Waals surface area contributed by atoms with Crippen LogP contribution in [0.5, 0.6) is 11.6 Å². The standard InChI is InChI=1S/C13H12N2O4/c1-9(16)10-5-4-8-14-13(10)19-12-7-3-2-6-11(12)15(17)18/h2-9,16H,1H3. The molecule has 0 fully saturated rings. The summed E-state index contributed by atoms with van der Waals surface area (Å²) in [5.41, 5.74) is 0.324. The molecule has 0 spiro atoms. The van der Waals surface area contributed by atoms with Gasteiger partial charge in [0.15, 0.2) is 0 Å². The molecule has 1 atom stereocenters. The number of ether oxygens (including phenoxy) is 1. The van der Waals surface area contributed by atoms with E-state index in [0.717, 1.165) is 0 Å². The number of benzene rings is 1. The number of aliphatic hydroxyl groups excluding tert-OH is 1. The first-order chi connectivity index (χ1) is 9.09. The number of hydrogen-bond donors (Lipinski definition) is 1. The molecule has 6 nitrogen and oxygen atoms in total. The normalized spacial score (nSPS) is 11.9. The molecule has 6 heteroatoms. The molecule has 0 radical (unpaired) electrons. The Morgan fingerprint density at radius 1 is 1.32 bits per heavy atom. The lowest BCUT2D eigenvalue weighted by molar-refractivity contribution is -0.385. The van der Waals surface area contributed by atoms with E-state index in [2.05, 4.69) is 4.98 Å². The molecule has 1 aromatic heterocycles. The maximum absolute atomic E-state index is 10.9. The molecule has 1 N–H and O–H groups in total. The van der Waals surface area contributed by atoms with Crippen molar-refractivity contribution in [3.05, 3.63) is 58.3 Å². The Bertz CT molecular complexity index is 599. The van der Waals surface area contributed by atoms with Gasteiger partial charge in [0.2, 0.25) is 11.6 Å². The van der Waals surface area contributed by atoms with Gasteiger partial charge in [-0.25, -0.2) is 4.98 Å². The summed E-state index contributed by atoms with van der Waals surface area (Å²) >= 11 is 0. The second kappa shape index (κ2) is 5.45. The second-order valence-corrected chi connectivity index (χ2v) is 3.90. The SMILES string of the molecule is CC(O)c1cccnc1Oc1ccccc1[N+](=O)[O-]. The van der Waals surface area contributed by atoms with E-state index in [1.54, 1.807) is 31.2 Å². The number of aliphatic hydroxyl groups is 1. The first-order valence-corrected chi connectivity index (χ1v) is 5.64. The lowest BCUT2D eigenvalue weighted by Gasteiger charge is -2.11. The van der Waals surface area contributed by atoms with Crippen LogP contribution in [0.1, 0.15) is 18.6 Å². The number of pyridine rings is 1. The van der Waals surface area contributed by atoms with Gasteiger partial charge in [0, 0.05) is 17.8 Å². The van der Waals surface area contributed by atoms with Crippen LogP contribution in [0.2, 0.25) is 0 Å². The minimum atomic E-state index is -0.772. The van der Waals surface area contributed by atoms with Crippen molar-refractivity contribution in [1.82, 2.24) is 4.98 Å². The summed E-state index contributed by atoms with van der Waals surface area (Å²) in [6.45, 7) is 1.57. The Labute approximate surface area is 109 Å². The van der Waals surface area contributed by atoms with Crippen molar-refractivity contribution in [2.45, 2.75) is 13.0 Å². The summed E-state index contributed by atoms with van der Waals surface area (Å²) in [6, 6.07) is 9.33. The largest absolute Gasteiger partial charge is 0.431 e. The molecule has 1 heterocycles. The highest BCUT2D eigenvalue weighted by Crippen LogP contribution is 2.32. The van der Waals surface area contributed by atoms with E-state index >= 15 is 0 Å². The molecule has 1 unspecified atom stereocenters. The lowest BCUT2D eigenvalue weighted by Crippen LogP contribution is -1.99. The summed E-state index contributed by atoms with van der Waals surface area (Å²) in [6.07, 6.45) is 0.724. The molecule has 0 bridgehead atoms. The fourth-order valence-electron chi connectivity index (χ4n) is 1.60. The van der Waals surface area contributed by atoms with Crippen molar-refractivity contribution in [2.24, 2.45) is 0 Å². The van der Waals surface area contributed by atoms with E-state index in [1.807, 2.05) is 0 Å². The highest BCUT2D eigenvalue weighted by Gasteiger charge is 2.17. The van der Waals surface area contributed by atoms with E-state index < -0.39 is 11.0 Å². The zero-order valence-corrected chi connectivity index (χ0v) is 10.2. The zero-order valence-electron chi connectivity index (χ0n) is 10.2. The number of hydrogen-bond acceptors (Lipinski definition) is 5. The topological polar surface area (TPSA) is 85.5 Å². The number of nitrogens with zero attached hydrogens (tertiary/aromatic N) is 2. The maximum Gasteiger partial charge on any atom is 0.311 e. The molecule has 0 amide bonds. The molecular formula is C13H12N2O4. The van der Waals surface area contributed by atoms with Crippen LogP contribution in [0.4, 0.5) is 5.69 Å². The van der Waals surface area contributed by atoms with Crippen molar-refractivity contribution in [3.63, 3.8) is 0 Å². The van der Waals surface area contributed by atoms with Crippen LogP contribution < -0.4 is 4.74 Å². The smallest absolute Gasteiger partial charge is 0.311 e. The van der Waals surface area contributed by atoms with Crippen molar-refractivity contribution < 1.29 is 14.8 Å². The highest BCUT2D eigenvalue weighted by molar-refractivity contribution is 5.48. The molecule has 19 heavy (non-hydrogen) atoms. The average molecular weight is 260 g/mol. The van der Waals surface area contributed by atoms with Gasteiger partial charge >= 0.3 is 5.69 Å². The highest BCUT2D eigenvalue weighted by atomic mass is 16.6. The molecule has 0 aliphatic heterocycles. The first kappa shape index (κ1) is 13.0. The Hall–Kier alpha value is -2.47. The van der Waals surface area contributed by atoms with Gasteiger partial charge in [-0.3, -0.25) is 10.1 Å². The van der Waals surface area contributed by atoms with Gasteiger partial charge in [-0.15, -0.1) is 0 Å². The van der Waals surface area contributed by atoms with E-state index in [9.17, 15) is 15.2 Å². The Kier molecular flexibility index (Phi) is 3.72. The predicted molar refractivity (Wildman–Crippen MR) is 68.0 cm³/mol.